The molecule has 1 saturated heterocycles. The normalized spacial score (nSPS) is 17.2. The van der Waals surface area contributed by atoms with Gasteiger partial charge in [-0.05, 0) is 50.8 Å². The summed E-state index contributed by atoms with van der Waals surface area (Å²) in [5.41, 5.74) is 3.01. The summed E-state index contributed by atoms with van der Waals surface area (Å²) in [6.07, 6.45) is 3.91. The fourth-order valence-corrected chi connectivity index (χ4v) is 3.30. The predicted octanol–water partition coefficient (Wildman–Crippen LogP) is 3.59. The molecule has 0 unspecified atom stereocenters. The van der Waals surface area contributed by atoms with E-state index in [4.69, 9.17) is 4.74 Å². The summed E-state index contributed by atoms with van der Waals surface area (Å²) in [4.78, 5) is 15.2. The second-order valence-electron chi connectivity index (χ2n) is 7.00. The summed E-state index contributed by atoms with van der Waals surface area (Å²) < 4.78 is 7.57. The van der Waals surface area contributed by atoms with Gasteiger partial charge in [-0.3, -0.25) is 9.48 Å². The Morgan fingerprint density at radius 2 is 2.16 bits per heavy atom. The van der Waals surface area contributed by atoms with Crippen molar-refractivity contribution in [1.82, 2.24) is 14.7 Å². The molecule has 0 radical (unpaired) electrons. The first-order valence-corrected chi connectivity index (χ1v) is 9.05. The monoisotopic (exact) mass is 341 g/mol. The maximum Gasteiger partial charge on any atom is 0.272 e. The Kier molecular flexibility index (Phi) is 5.53. The molecule has 1 aliphatic rings. The number of aromatic nitrogens is 2. The molecule has 1 amide bonds. The molecule has 1 aliphatic heterocycles. The lowest BCUT2D eigenvalue weighted by atomic mass is 10.1. The van der Waals surface area contributed by atoms with Crippen LogP contribution < -0.4 is 0 Å². The largest absolute Gasteiger partial charge is 0.376 e. The smallest absolute Gasteiger partial charge is 0.272 e. The first-order chi connectivity index (χ1) is 12.1. The Morgan fingerprint density at radius 3 is 2.84 bits per heavy atom. The Bertz CT molecular complexity index is 717. The molecular formula is C20H27N3O2. The number of carbonyl (C=O) groups excluding carboxylic acids is 1. The fourth-order valence-electron chi connectivity index (χ4n) is 3.30. The number of ether oxygens (including phenoxy) is 1. The third-order valence-electron chi connectivity index (χ3n) is 4.74. The minimum absolute atomic E-state index is 0.0185. The highest BCUT2D eigenvalue weighted by Gasteiger charge is 2.26. The molecule has 5 heteroatoms. The summed E-state index contributed by atoms with van der Waals surface area (Å²) in [5, 5.41) is 4.31. The van der Waals surface area contributed by atoms with Gasteiger partial charge in [-0.2, -0.15) is 5.10 Å². The Labute approximate surface area is 149 Å². The lowest BCUT2D eigenvalue weighted by molar-refractivity contribution is 0.0496. The molecule has 3 rings (SSSR count). The summed E-state index contributed by atoms with van der Waals surface area (Å²) in [5.74, 6) is 0.0185. The maximum atomic E-state index is 13.2. The van der Waals surface area contributed by atoms with Crippen molar-refractivity contribution >= 4 is 5.91 Å². The van der Waals surface area contributed by atoms with Crippen molar-refractivity contribution in [3.8, 4) is 0 Å². The van der Waals surface area contributed by atoms with Gasteiger partial charge in [0.15, 0.2) is 0 Å². The van der Waals surface area contributed by atoms with E-state index in [9.17, 15) is 4.79 Å². The molecule has 1 aromatic carbocycles. The van der Waals surface area contributed by atoms with Gasteiger partial charge in [-0.15, -0.1) is 0 Å². The van der Waals surface area contributed by atoms with Crippen molar-refractivity contribution in [1.29, 1.82) is 0 Å². The number of hydrogen-bond acceptors (Lipinski definition) is 3. The Hall–Kier alpha value is -2.14. The molecule has 0 aliphatic carbocycles. The summed E-state index contributed by atoms with van der Waals surface area (Å²) in [7, 11) is 0. The van der Waals surface area contributed by atoms with Crippen LogP contribution in [0.5, 0.6) is 0 Å². The van der Waals surface area contributed by atoms with Crippen molar-refractivity contribution in [2.45, 2.75) is 52.3 Å². The van der Waals surface area contributed by atoms with E-state index in [-0.39, 0.29) is 18.1 Å². The molecule has 0 saturated carbocycles. The van der Waals surface area contributed by atoms with Gasteiger partial charge in [0.2, 0.25) is 0 Å². The van der Waals surface area contributed by atoms with Gasteiger partial charge < -0.3 is 9.64 Å². The highest BCUT2D eigenvalue weighted by atomic mass is 16.5. The quantitative estimate of drug-likeness (QED) is 0.807. The number of amides is 1. The van der Waals surface area contributed by atoms with Crippen LogP contribution in [-0.2, 0) is 11.3 Å². The molecule has 1 fully saturated rings. The molecule has 0 N–H and O–H groups in total. The first kappa shape index (κ1) is 17.7. The number of benzene rings is 1. The summed E-state index contributed by atoms with van der Waals surface area (Å²) in [6.45, 7) is 8.17. The molecule has 5 nitrogen and oxygen atoms in total. The molecule has 2 heterocycles. The predicted molar refractivity (Wildman–Crippen MR) is 97.5 cm³/mol. The van der Waals surface area contributed by atoms with Crippen LogP contribution in [0.3, 0.4) is 0 Å². The molecule has 2 aromatic rings. The zero-order valence-electron chi connectivity index (χ0n) is 15.3. The van der Waals surface area contributed by atoms with E-state index >= 15 is 0 Å². The second kappa shape index (κ2) is 7.83. The van der Waals surface area contributed by atoms with Crippen LogP contribution in [0.15, 0.2) is 36.5 Å². The minimum atomic E-state index is 0.0185. The number of carbonyl (C=O) groups is 1. The first-order valence-electron chi connectivity index (χ1n) is 9.05. The Morgan fingerprint density at radius 1 is 1.36 bits per heavy atom. The van der Waals surface area contributed by atoms with Crippen LogP contribution in [0.25, 0.3) is 0 Å². The van der Waals surface area contributed by atoms with Crippen LogP contribution in [0.4, 0.5) is 0 Å². The van der Waals surface area contributed by atoms with Crippen LogP contribution in [0.1, 0.15) is 54.3 Å². The van der Waals surface area contributed by atoms with Crippen LogP contribution >= 0.6 is 0 Å². The number of aryl methyl sites for hydroxylation is 1. The van der Waals surface area contributed by atoms with E-state index in [1.807, 2.05) is 36.9 Å². The van der Waals surface area contributed by atoms with Crippen LogP contribution in [0.2, 0.25) is 0 Å². The Balaban J connectivity index is 1.85. The van der Waals surface area contributed by atoms with Gasteiger partial charge in [0.1, 0.15) is 5.69 Å². The van der Waals surface area contributed by atoms with Crippen LogP contribution in [-0.4, -0.2) is 39.8 Å². The summed E-state index contributed by atoms with van der Waals surface area (Å²) in [6, 6.07) is 10.2. The van der Waals surface area contributed by atoms with Gasteiger partial charge in [0.05, 0.1) is 6.10 Å². The van der Waals surface area contributed by atoms with Crippen molar-refractivity contribution < 1.29 is 9.53 Å². The molecule has 1 aromatic heterocycles. The molecule has 134 valence electrons. The highest BCUT2D eigenvalue weighted by Crippen LogP contribution is 2.19. The van der Waals surface area contributed by atoms with Crippen molar-refractivity contribution in [3.05, 3.63) is 53.3 Å². The number of rotatable bonds is 6. The fraction of sp³-hybridized carbons (Fsp3) is 0.500. The highest BCUT2D eigenvalue weighted by molar-refractivity contribution is 5.92. The van der Waals surface area contributed by atoms with Gasteiger partial charge in [-0.1, -0.05) is 24.3 Å². The van der Waals surface area contributed by atoms with E-state index < -0.39 is 0 Å². The molecule has 0 bridgehead atoms. The topological polar surface area (TPSA) is 47.4 Å². The van der Waals surface area contributed by atoms with E-state index in [0.29, 0.717) is 18.8 Å². The average Bonchev–Trinajstić information content (AvgIpc) is 3.26. The molecule has 25 heavy (non-hydrogen) atoms. The van der Waals surface area contributed by atoms with E-state index in [1.54, 1.807) is 10.9 Å². The van der Waals surface area contributed by atoms with E-state index in [2.05, 4.69) is 24.2 Å². The van der Waals surface area contributed by atoms with Crippen molar-refractivity contribution in [2.24, 2.45) is 0 Å². The third-order valence-corrected chi connectivity index (χ3v) is 4.74. The van der Waals surface area contributed by atoms with Crippen LogP contribution in [0, 0.1) is 6.92 Å². The third kappa shape index (κ3) is 4.10. The van der Waals surface area contributed by atoms with Crippen molar-refractivity contribution in [2.75, 3.05) is 13.2 Å². The zero-order chi connectivity index (χ0) is 17.8. The molecular weight excluding hydrogens is 314 g/mol. The van der Waals surface area contributed by atoms with Gasteiger partial charge in [0, 0.05) is 31.9 Å². The van der Waals surface area contributed by atoms with Gasteiger partial charge in [-0.25, -0.2) is 0 Å². The minimum Gasteiger partial charge on any atom is -0.376 e. The number of nitrogens with zero attached hydrogens (tertiary/aromatic N) is 3. The van der Waals surface area contributed by atoms with E-state index in [1.165, 1.54) is 11.1 Å². The van der Waals surface area contributed by atoms with Gasteiger partial charge >= 0.3 is 0 Å². The average molecular weight is 341 g/mol. The molecule has 1 atom stereocenters. The van der Waals surface area contributed by atoms with Gasteiger partial charge in [0.25, 0.3) is 5.91 Å². The SMILES string of the molecule is Cc1ccccc1CN(C[C@H]1CCCO1)C(=O)c1ccnn1C(C)C. The van der Waals surface area contributed by atoms with Crippen molar-refractivity contribution in [3.63, 3.8) is 0 Å². The lowest BCUT2D eigenvalue weighted by Crippen LogP contribution is -2.38. The summed E-state index contributed by atoms with van der Waals surface area (Å²) >= 11 is 0. The second-order valence-corrected chi connectivity index (χ2v) is 7.00. The number of hydrogen-bond donors (Lipinski definition) is 0. The maximum absolute atomic E-state index is 13.2. The lowest BCUT2D eigenvalue weighted by Gasteiger charge is -2.27. The zero-order valence-corrected chi connectivity index (χ0v) is 15.3. The molecule has 0 spiro atoms. The standard InChI is InChI=1S/C20H27N3O2/c1-15(2)23-19(10-11-21-23)20(24)22(14-18-9-6-12-25-18)13-17-8-5-4-7-16(17)3/h4-5,7-8,10-11,15,18H,6,9,12-14H2,1-3H3/t18-/m1/s1. The van der Waals surface area contributed by atoms with E-state index in [0.717, 1.165) is 19.4 Å².